The zero-order valence-electron chi connectivity index (χ0n) is 9.28. The lowest BCUT2D eigenvalue weighted by Crippen LogP contribution is -2.07. The second-order valence-corrected chi connectivity index (χ2v) is 6.48. The maximum Gasteiger partial charge on any atom is 0.339 e. The predicted molar refractivity (Wildman–Crippen MR) is 80.6 cm³/mol. The quantitative estimate of drug-likeness (QED) is 0.816. The molecule has 2 aromatic rings. The Morgan fingerprint density at radius 3 is 2.79 bits per heavy atom. The van der Waals surface area contributed by atoms with Gasteiger partial charge < -0.3 is 10.4 Å². The van der Waals surface area contributed by atoms with Gasteiger partial charge in [0.1, 0.15) is 5.56 Å². The first-order valence-electron chi connectivity index (χ1n) is 5.04. The highest BCUT2D eigenvalue weighted by Crippen LogP contribution is 2.33. The molecular formula is C11H7BrCl2N2O2S. The number of nitrogens with zero attached hydrogens (tertiary/aromatic N) is 1. The summed E-state index contributed by atoms with van der Waals surface area (Å²) in [6.07, 6.45) is 1.64. The van der Waals surface area contributed by atoms with E-state index < -0.39 is 5.97 Å². The summed E-state index contributed by atoms with van der Waals surface area (Å²) in [4.78, 5) is 16.0. The fraction of sp³-hybridized carbons (Fsp3) is 0.0909. The van der Waals surface area contributed by atoms with Crippen molar-refractivity contribution < 1.29 is 9.90 Å². The summed E-state index contributed by atoms with van der Waals surface area (Å²) < 4.78 is 1.07. The molecule has 1 aromatic carbocycles. The largest absolute Gasteiger partial charge is 0.478 e. The average Bonchev–Trinajstić information content (AvgIpc) is 2.75. The van der Waals surface area contributed by atoms with Crippen LogP contribution in [0.4, 0.5) is 5.69 Å². The Morgan fingerprint density at radius 1 is 1.47 bits per heavy atom. The van der Waals surface area contributed by atoms with Crippen molar-refractivity contribution >= 4 is 62.1 Å². The molecule has 0 aliphatic heterocycles. The van der Waals surface area contributed by atoms with E-state index in [0.717, 1.165) is 4.88 Å². The Hall–Kier alpha value is -0.820. The first-order chi connectivity index (χ1) is 8.99. The lowest BCUT2D eigenvalue weighted by Gasteiger charge is -2.12. The molecule has 1 heterocycles. The average molecular weight is 382 g/mol. The molecule has 4 nitrogen and oxygen atoms in total. The van der Waals surface area contributed by atoms with E-state index in [9.17, 15) is 9.90 Å². The molecule has 0 radical (unpaired) electrons. The number of rotatable bonds is 4. The van der Waals surface area contributed by atoms with E-state index >= 15 is 0 Å². The first-order valence-corrected chi connectivity index (χ1v) is 7.41. The van der Waals surface area contributed by atoms with Crippen LogP contribution in [0.15, 0.2) is 22.8 Å². The molecule has 0 saturated heterocycles. The van der Waals surface area contributed by atoms with Crippen LogP contribution >= 0.6 is 50.5 Å². The predicted octanol–water partition coefficient (Wildman–Crippen LogP) is 4.52. The summed E-state index contributed by atoms with van der Waals surface area (Å²) in [7, 11) is 0. The Bertz CT molecular complexity index is 633. The normalized spacial score (nSPS) is 10.5. The lowest BCUT2D eigenvalue weighted by molar-refractivity contribution is 0.0698. The van der Waals surface area contributed by atoms with E-state index in [1.165, 1.54) is 17.4 Å². The number of halogens is 3. The van der Waals surface area contributed by atoms with Gasteiger partial charge in [-0.25, -0.2) is 9.78 Å². The van der Waals surface area contributed by atoms with Crippen LogP contribution in [0, 0.1) is 0 Å². The first kappa shape index (κ1) is 14.6. The topological polar surface area (TPSA) is 62.2 Å². The molecule has 0 atom stereocenters. The maximum absolute atomic E-state index is 11.2. The van der Waals surface area contributed by atoms with E-state index in [2.05, 4.69) is 26.2 Å². The molecule has 2 rings (SSSR count). The summed E-state index contributed by atoms with van der Waals surface area (Å²) in [5.74, 6) is -1.09. The molecule has 0 unspecified atom stereocenters. The Balaban J connectivity index is 2.28. The third kappa shape index (κ3) is 3.39. The summed E-state index contributed by atoms with van der Waals surface area (Å²) in [6, 6.07) is 3.22. The van der Waals surface area contributed by atoms with Crippen LogP contribution in [-0.2, 0) is 6.54 Å². The second kappa shape index (κ2) is 6.09. The number of thiazole rings is 1. The highest BCUT2D eigenvalue weighted by molar-refractivity contribution is 9.10. The maximum atomic E-state index is 11.2. The smallest absolute Gasteiger partial charge is 0.339 e. The van der Waals surface area contributed by atoms with Crippen molar-refractivity contribution in [3.63, 3.8) is 0 Å². The van der Waals surface area contributed by atoms with Gasteiger partial charge in [-0.1, -0.05) is 23.2 Å². The van der Waals surface area contributed by atoms with Gasteiger partial charge in [0.25, 0.3) is 0 Å². The van der Waals surface area contributed by atoms with Gasteiger partial charge in [-0.15, -0.1) is 11.3 Å². The zero-order valence-corrected chi connectivity index (χ0v) is 13.2. The molecular weight excluding hydrogens is 375 g/mol. The number of benzene rings is 1. The van der Waals surface area contributed by atoms with Crippen LogP contribution in [0.2, 0.25) is 9.49 Å². The SMILES string of the molecule is O=C(O)c1c(Cl)ccc(Br)c1NCc1cnc(Cl)s1. The molecule has 0 amide bonds. The number of aromatic carboxylic acids is 1. The Labute approximate surface area is 131 Å². The number of carboxylic acid groups (broad SMARTS) is 1. The van der Waals surface area contributed by atoms with Gasteiger partial charge >= 0.3 is 5.97 Å². The highest BCUT2D eigenvalue weighted by atomic mass is 79.9. The van der Waals surface area contributed by atoms with Gasteiger partial charge in [-0.3, -0.25) is 0 Å². The number of carbonyl (C=O) groups is 1. The molecule has 8 heteroatoms. The van der Waals surface area contributed by atoms with Crippen LogP contribution in [0.3, 0.4) is 0 Å². The number of hydrogen-bond acceptors (Lipinski definition) is 4. The Morgan fingerprint density at radius 2 is 2.21 bits per heavy atom. The summed E-state index contributed by atoms with van der Waals surface area (Å²) in [5, 5.41) is 12.4. The van der Waals surface area contributed by atoms with E-state index in [-0.39, 0.29) is 10.6 Å². The van der Waals surface area contributed by atoms with Crippen molar-refractivity contribution in [2.75, 3.05) is 5.32 Å². The molecule has 0 saturated carbocycles. The molecule has 0 fully saturated rings. The summed E-state index contributed by atoms with van der Waals surface area (Å²) in [5.41, 5.74) is 0.469. The highest BCUT2D eigenvalue weighted by Gasteiger charge is 2.17. The molecule has 100 valence electrons. The van der Waals surface area contributed by atoms with Crippen molar-refractivity contribution in [1.29, 1.82) is 0 Å². The van der Waals surface area contributed by atoms with Gasteiger partial charge in [0, 0.05) is 15.5 Å². The molecule has 1 aromatic heterocycles. The minimum atomic E-state index is -1.09. The molecule has 0 spiro atoms. The van der Waals surface area contributed by atoms with Gasteiger partial charge in [-0.05, 0) is 28.1 Å². The summed E-state index contributed by atoms with van der Waals surface area (Å²) in [6.45, 7) is 0.420. The molecule has 0 bridgehead atoms. The van der Waals surface area contributed by atoms with Crippen molar-refractivity contribution in [3.05, 3.63) is 42.7 Å². The number of nitrogens with one attached hydrogen (secondary N) is 1. The van der Waals surface area contributed by atoms with Crippen molar-refractivity contribution in [2.24, 2.45) is 0 Å². The van der Waals surface area contributed by atoms with E-state index in [1.807, 2.05) is 0 Å². The third-order valence-electron chi connectivity index (χ3n) is 2.28. The number of carboxylic acids is 1. The third-order valence-corrected chi connectivity index (χ3v) is 4.37. The van der Waals surface area contributed by atoms with Gasteiger partial charge in [0.15, 0.2) is 4.47 Å². The fourth-order valence-corrected chi connectivity index (χ4v) is 3.10. The number of hydrogen-bond donors (Lipinski definition) is 2. The lowest BCUT2D eigenvalue weighted by atomic mass is 10.1. The van der Waals surface area contributed by atoms with Gasteiger partial charge in [0.05, 0.1) is 17.3 Å². The van der Waals surface area contributed by atoms with Crippen molar-refractivity contribution in [3.8, 4) is 0 Å². The van der Waals surface area contributed by atoms with Crippen molar-refractivity contribution in [1.82, 2.24) is 4.98 Å². The zero-order chi connectivity index (χ0) is 14.0. The van der Waals surface area contributed by atoms with E-state index in [0.29, 0.717) is 21.2 Å². The molecule has 2 N–H and O–H groups in total. The van der Waals surface area contributed by atoms with Crippen LogP contribution < -0.4 is 5.32 Å². The van der Waals surface area contributed by atoms with Crippen LogP contribution in [-0.4, -0.2) is 16.1 Å². The van der Waals surface area contributed by atoms with Crippen molar-refractivity contribution in [2.45, 2.75) is 6.54 Å². The van der Waals surface area contributed by atoms with Crippen LogP contribution in [0.25, 0.3) is 0 Å². The minimum absolute atomic E-state index is 0.0339. The molecule has 0 aliphatic rings. The minimum Gasteiger partial charge on any atom is -0.478 e. The molecule has 0 aliphatic carbocycles. The van der Waals surface area contributed by atoms with Gasteiger partial charge in [-0.2, -0.15) is 0 Å². The number of aromatic nitrogens is 1. The number of anilines is 1. The summed E-state index contributed by atoms with van der Waals surface area (Å²) >= 11 is 16.3. The van der Waals surface area contributed by atoms with Gasteiger partial charge in [0.2, 0.25) is 0 Å². The van der Waals surface area contributed by atoms with Crippen LogP contribution in [0.1, 0.15) is 15.2 Å². The second-order valence-electron chi connectivity index (χ2n) is 3.52. The van der Waals surface area contributed by atoms with E-state index in [1.54, 1.807) is 12.3 Å². The monoisotopic (exact) mass is 380 g/mol. The molecule has 19 heavy (non-hydrogen) atoms. The van der Waals surface area contributed by atoms with Crippen LogP contribution in [0.5, 0.6) is 0 Å². The fourth-order valence-electron chi connectivity index (χ4n) is 1.47. The standard InChI is InChI=1S/C11H7BrCl2N2O2S/c12-6-1-2-7(13)8(10(17)18)9(6)15-3-5-4-16-11(14)19-5/h1-2,4,15H,3H2,(H,17,18). The Kier molecular flexibility index (Phi) is 4.67. The van der Waals surface area contributed by atoms with E-state index in [4.69, 9.17) is 23.2 Å².